The zero-order valence-corrected chi connectivity index (χ0v) is 13.4. The van der Waals surface area contributed by atoms with Crippen molar-refractivity contribution in [3.8, 4) is 0 Å². The van der Waals surface area contributed by atoms with Gasteiger partial charge in [-0.1, -0.05) is 18.2 Å². The van der Waals surface area contributed by atoms with Crippen molar-refractivity contribution in [3.05, 3.63) is 48.9 Å². The molecule has 6 nitrogen and oxygen atoms in total. The fraction of sp³-hybridized carbons (Fsp3) is 0.294. The zero-order valence-electron chi connectivity index (χ0n) is 13.4. The van der Waals surface area contributed by atoms with Gasteiger partial charge in [-0.3, -0.25) is 9.48 Å². The highest BCUT2D eigenvalue weighted by molar-refractivity contribution is 5.91. The van der Waals surface area contributed by atoms with Gasteiger partial charge in [-0.05, 0) is 31.6 Å². The number of nitrogens with one attached hydrogen (secondary N) is 1. The van der Waals surface area contributed by atoms with Crippen molar-refractivity contribution in [2.75, 3.05) is 26.0 Å². The van der Waals surface area contributed by atoms with E-state index < -0.39 is 0 Å². The summed E-state index contributed by atoms with van der Waals surface area (Å²) in [6, 6.07) is 10.0. The first-order chi connectivity index (χ1) is 11.1. The summed E-state index contributed by atoms with van der Waals surface area (Å²) in [6.07, 6.45) is 5.47. The first-order valence-electron chi connectivity index (χ1n) is 7.63. The summed E-state index contributed by atoms with van der Waals surface area (Å²) in [4.78, 5) is 14.3. The van der Waals surface area contributed by atoms with Gasteiger partial charge in [0.2, 0.25) is 5.91 Å². The van der Waals surface area contributed by atoms with E-state index in [1.807, 2.05) is 66.1 Å². The molecule has 0 radical (unpaired) electrons. The Morgan fingerprint density at radius 2 is 2.09 bits per heavy atom. The minimum absolute atomic E-state index is 0.0569. The van der Waals surface area contributed by atoms with E-state index in [1.165, 1.54) is 0 Å². The van der Waals surface area contributed by atoms with Crippen molar-refractivity contribution in [2.24, 2.45) is 0 Å². The lowest BCUT2D eigenvalue weighted by Gasteiger charge is -2.08. The number of fused-ring (bicyclic) bond motifs is 1. The standard InChI is InChI=1S/C17H21N5O/c1-20(2)9-10-22-12-15(11-18-22)19-17(23)13-21-8-7-14-5-3-4-6-16(14)21/h3-8,11-12H,9-10,13H2,1-2H3,(H,19,23). The lowest BCUT2D eigenvalue weighted by atomic mass is 10.2. The van der Waals surface area contributed by atoms with Crippen molar-refractivity contribution in [1.29, 1.82) is 0 Å². The molecule has 0 spiro atoms. The van der Waals surface area contributed by atoms with Crippen LogP contribution in [0.25, 0.3) is 10.9 Å². The largest absolute Gasteiger partial charge is 0.338 e. The lowest BCUT2D eigenvalue weighted by Crippen LogP contribution is -2.19. The number of hydrogen-bond acceptors (Lipinski definition) is 3. The van der Waals surface area contributed by atoms with Gasteiger partial charge in [-0.25, -0.2) is 0 Å². The Labute approximate surface area is 135 Å². The maximum absolute atomic E-state index is 12.2. The maximum Gasteiger partial charge on any atom is 0.244 e. The Morgan fingerprint density at radius 3 is 2.91 bits per heavy atom. The van der Waals surface area contributed by atoms with Crippen LogP contribution in [0.3, 0.4) is 0 Å². The Hall–Kier alpha value is -2.60. The first-order valence-corrected chi connectivity index (χ1v) is 7.63. The third-order valence-electron chi connectivity index (χ3n) is 3.69. The van der Waals surface area contributed by atoms with Gasteiger partial charge in [0, 0.05) is 24.5 Å². The van der Waals surface area contributed by atoms with Crippen LogP contribution in [0.1, 0.15) is 0 Å². The quantitative estimate of drug-likeness (QED) is 0.758. The number of carbonyl (C=O) groups is 1. The predicted octanol–water partition coefficient (Wildman–Crippen LogP) is 2.04. The van der Waals surface area contributed by atoms with E-state index in [-0.39, 0.29) is 12.5 Å². The summed E-state index contributed by atoms with van der Waals surface area (Å²) in [5.74, 6) is -0.0569. The van der Waals surface area contributed by atoms with Gasteiger partial charge in [-0.15, -0.1) is 0 Å². The van der Waals surface area contributed by atoms with Crippen LogP contribution in [0, 0.1) is 0 Å². The van der Waals surface area contributed by atoms with Crippen LogP contribution in [-0.4, -0.2) is 45.8 Å². The van der Waals surface area contributed by atoms with E-state index in [1.54, 1.807) is 6.20 Å². The zero-order chi connectivity index (χ0) is 16.2. The van der Waals surface area contributed by atoms with E-state index in [4.69, 9.17) is 0 Å². The second-order valence-corrected chi connectivity index (χ2v) is 5.85. The van der Waals surface area contributed by atoms with Crippen LogP contribution < -0.4 is 5.32 Å². The average Bonchev–Trinajstić information content (AvgIpc) is 3.13. The van der Waals surface area contributed by atoms with Gasteiger partial charge in [-0.2, -0.15) is 5.10 Å². The monoisotopic (exact) mass is 311 g/mol. The summed E-state index contributed by atoms with van der Waals surface area (Å²) in [6.45, 7) is 1.99. The fourth-order valence-corrected chi connectivity index (χ4v) is 2.49. The molecule has 1 aromatic carbocycles. The van der Waals surface area contributed by atoms with Gasteiger partial charge in [0.15, 0.2) is 0 Å². The Kier molecular flexibility index (Phi) is 4.43. The molecule has 0 saturated carbocycles. The Balaban J connectivity index is 1.61. The number of nitrogens with zero attached hydrogens (tertiary/aromatic N) is 4. The number of hydrogen-bond donors (Lipinski definition) is 1. The summed E-state index contributed by atoms with van der Waals surface area (Å²) in [5, 5.41) is 8.29. The summed E-state index contributed by atoms with van der Waals surface area (Å²) < 4.78 is 3.78. The van der Waals surface area contributed by atoms with Gasteiger partial charge in [0.05, 0.1) is 18.4 Å². The number of rotatable bonds is 6. The molecule has 0 atom stereocenters. The molecule has 0 unspecified atom stereocenters. The number of anilines is 1. The molecule has 0 saturated heterocycles. The number of amides is 1. The van der Waals surface area contributed by atoms with E-state index >= 15 is 0 Å². The molecule has 3 rings (SSSR count). The molecule has 0 bridgehead atoms. The molecule has 2 aromatic heterocycles. The first kappa shape index (κ1) is 15.3. The van der Waals surface area contributed by atoms with Crippen LogP contribution in [0.15, 0.2) is 48.9 Å². The van der Waals surface area contributed by atoms with Crippen molar-refractivity contribution in [3.63, 3.8) is 0 Å². The minimum Gasteiger partial charge on any atom is -0.338 e. The highest BCUT2D eigenvalue weighted by atomic mass is 16.1. The van der Waals surface area contributed by atoms with Crippen molar-refractivity contribution in [2.45, 2.75) is 13.1 Å². The molecule has 0 fully saturated rings. The number of aromatic nitrogens is 3. The average molecular weight is 311 g/mol. The van der Waals surface area contributed by atoms with Crippen LogP contribution in [0.2, 0.25) is 0 Å². The van der Waals surface area contributed by atoms with Gasteiger partial charge < -0.3 is 14.8 Å². The number of carbonyl (C=O) groups excluding carboxylic acids is 1. The second-order valence-electron chi connectivity index (χ2n) is 5.85. The van der Waals surface area contributed by atoms with Crippen LogP contribution >= 0.6 is 0 Å². The molecule has 3 aromatic rings. The van der Waals surface area contributed by atoms with Gasteiger partial charge >= 0.3 is 0 Å². The van der Waals surface area contributed by atoms with Crippen LogP contribution in [0.5, 0.6) is 0 Å². The maximum atomic E-state index is 12.2. The number of benzene rings is 1. The van der Waals surface area contributed by atoms with Crippen molar-refractivity contribution in [1.82, 2.24) is 19.2 Å². The van der Waals surface area contributed by atoms with E-state index in [2.05, 4.69) is 15.3 Å². The topological polar surface area (TPSA) is 55.1 Å². The molecule has 1 amide bonds. The molecule has 23 heavy (non-hydrogen) atoms. The molecule has 6 heteroatoms. The van der Waals surface area contributed by atoms with Crippen LogP contribution in [-0.2, 0) is 17.9 Å². The minimum atomic E-state index is -0.0569. The van der Waals surface area contributed by atoms with Crippen molar-refractivity contribution < 1.29 is 4.79 Å². The molecule has 0 aliphatic heterocycles. The normalized spacial score (nSPS) is 11.3. The molecular formula is C17H21N5O. The second kappa shape index (κ2) is 6.66. The summed E-state index contributed by atoms with van der Waals surface area (Å²) >= 11 is 0. The molecule has 1 N–H and O–H groups in total. The molecule has 0 aliphatic rings. The highest BCUT2D eigenvalue weighted by Gasteiger charge is 2.08. The summed E-state index contributed by atoms with van der Waals surface area (Å²) in [7, 11) is 4.04. The van der Waals surface area contributed by atoms with Gasteiger partial charge in [0.1, 0.15) is 6.54 Å². The highest BCUT2D eigenvalue weighted by Crippen LogP contribution is 2.15. The Morgan fingerprint density at radius 1 is 1.26 bits per heavy atom. The third-order valence-corrected chi connectivity index (χ3v) is 3.69. The Bertz CT molecular complexity index is 802. The number of para-hydroxylation sites is 1. The molecule has 120 valence electrons. The summed E-state index contributed by atoms with van der Waals surface area (Å²) in [5.41, 5.74) is 1.79. The molecule has 0 aliphatic carbocycles. The predicted molar refractivity (Wildman–Crippen MR) is 91.3 cm³/mol. The van der Waals surface area contributed by atoms with Crippen molar-refractivity contribution >= 4 is 22.5 Å². The van der Waals surface area contributed by atoms with E-state index in [9.17, 15) is 4.79 Å². The van der Waals surface area contributed by atoms with E-state index in [0.29, 0.717) is 0 Å². The SMILES string of the molecule is CN(C)CCn1cc(NC(=O)Cn2ccc3ccccc32)cn1. The van der Waals surface area contributed by atoms with Crippen LogP contribution in [0.4, 0.5) is 5.69 Å². The smallest absolute Gasteiger partial charge is 0.244 e. The molecular weight excluding hydrogens is 290 g/mol. The third kappa shape index (κ3) is 3.78. The van der Waals surface area contributed by atoms with E-state index in [0.717, 1.165) is 29.7 Å². The lowest BCUT2D eigenvalue weighted by molar-refractivity contribution is -0.116. The number of likely N-dealkylation sites (N-methyl/N-ethyl adjacent to an activating group) is 1. The fourth-order valence-electron chi connectivity index (χ4n) is 2.49. The van der Waals surface area contributed by atoms with Gasteiger partial charge in [0.25, 0.3) is 0 Å². The molecule has 2 heterocycles.